The van der Waals surface area contributed by atoms with Crippen molar-refractivity contribution in [1.82, 2.24) is 10.3 Å². The van der Waals surface area contributed by atoms with Crippen LogP contribution < -0.4 is 11.1 Å². The van der Waals surface area contributed by atoms with Crippen LogP contribution in [0.3, 0.4) is 0 Å². The molecule has 2 rings (SSSR count). The van der Waals surface area contributed by atoms with Crippen molar-refractivity contribution in [3.63, 3.8) is 0 Å². The zero-order valence-electron chi connectivity index (χ0n) is 9.22. The number of carbonyl (C=O) groups is 1. The molecule has 0 atom stereocenters. The van der Waals surface area contributed by atoms with Crippen molar-refractivity contribution in [3.05, 3.63) is 48.2 Å². The van der Waals surface area contributed by atoms with E-state index in [1.165, 1.54) is 6.20 Å². The molecule has 0 bridgehead atoms. The molecule has 0 radical (unpaired) electrons. The lowest BCUT2D eigenvalue weighted by atomic mass is 10.2. The molecule has 2 aromatic rings. The number of nitrogens with one attached hydrogen (secondary N) is 1. The third kappa shape index (κ3) is 2.84. The molecular weight excluding hydrogens is 218 g/mol. The van der Waals surface area contributed by atoms with Crippen LogP contribution in [0.4, 0.5) is 5.69 Å². The van der Waals surface area contributed by atoms with E-state index in [1.54, 1.807) is 18.4 Å². The molecule has 0 aromatic carbocycles. The lowest BCUT2D eigenvalue weighted by Crippen LogP contribution is -2.27. The number of furan rings is 1. The van der Waals surface area contributed by atoms with Crippen LogP contribution in [-0.2, 0) is 6.42 Å². The first-order valence-electron chi connectivity index (χ1n) is 5.28. The number of aromatic nitrogens is 1. The van der Waals surface area contributed by atoms with Gasteiger partial charge in [0.05, 0.1) is 12.0 Å². The number of nitrogens with zero attached hydrogens (tertiary/aromatic N) is 1. The van der Waals surface area contributed by atoms with Gasteiger partial charge in [0.1, 0.15) is 5.76 Å². The highest BCUT2D eigenvalue weighted by Gasteiger charge is 2.09. The second kappa shape index (κ2) is 5.16. The molecule has 0 fully saturated rings. The van der Waals surface area contributed by atoms with E-state index in [9.17, 15) is 4.79 Å². The highest BCUT2D eigenvalue weighted by Crippen LogP contribution is 2.06. The molecule has 2 aromatic heterocycles. The Labute approximate surface area is 98.6 Å². The zero-order valence-corrected chi connectivity index (χ0v) is 9.22. The fourth-order valence-electron chi connectivity index (χ4n) is 1.45. The summed E-state index contributed by atoms with van der Waals surface area (Å²) in [6, 6.07) is 7.01. The fourth-order valence-corrected chi connectivity index (χ4v) is 1.45. The topological polar surface area (TPSA) is 81.1 Å². The van der Waals surface area contributed by atoms with Gasteiger partial charge in [-0.2, -0.15) is 0 Å². The van der Waals surface area contributed by atoms with E-state index >= 15 is 0 Å². The molecule has 5 nitrogen and oxygen atoms in total. The summed E-state index contributed by atoms with van der Waals surface area (Å²) >= 11 is 0. The van der Waals surface area contributed by atoms with Crippen molar-refractivity contribution in [2.45, 2.75) is 6.42 Å². The first kappa shape index (κ1) is 11.2. The summed E-state index contributed by atoms with van der Waals surface area (Å²) < 4.78 is 5.15. The van der Waals surface area contributed by atoms with E-state index in [0.717, 1.165) is 5.76 Å². The van der Waals surface area contributed by atoms with Gasteiger partial charge in [-0.15, -0.1) is 0 Å². The van der Waals surface area contributed by atoms with E-state index < -0.39 is 0 Å². The molecule has 0 saturated carbocycles. The number of nitrogen functional groups attached to an aromatic ring is 1. The highest BCUT2D eigenvalue weighted by molar-refractivity contribution is 5.96. The molecule has 0 aliphatic rings. The maximum Gasteiger partial charge on any atom is 0.272 e. The van der Waals surface area contributed by atoms with Crippen molar-refractivity contribution >= 4 is 11.6 Å². The number of anilines is 1. The number of carbonyl (C=O) groups excluding carboxylic acids is 1. The van der Waals surface area contributed by atoms with Gasteiger partial charge >= 0.3 is 0 Å². The van der Waals surface area contributed by atoms with Crippen LogP contribution in [0.1, 0.15) is 16.2 Å². The molecule has 0 spiro atoms. The quantitative estimate of drug-likeness (QED) is 0.829. The summed E-state index contributed by atoms with van der Waals surface area (Å²) in [7, 11) is 0. The third-order valence-electron chi connectivity index (χ3n) is 2.29. The SMILES string of the molecule is Nc1cccnc1C(=O)NCCc1ccco1. The second-order valence-electron chi connectivity index (χ2n) is 3.53. The smallest absolute Gasteiger partial charge is 0.272 e. The average Bonchev–Trinajstić information content (AvgIpc) is 2.82. The number of hydrogen-bond donors (Lipinski definition) is 2. The third-order valence-corrected chi connectivity index (χ3v) is 2.29. The van der Waals surface area contributed by atoms with Crippen LogP contribution in [0.25, 0.3) is 0 Å². The molecule has 0 aliphatic heterocycles. The van der Waals surface area contributed by atoms with Crippen LogP contribution in [0, 0.1) is 0 Å². The predicted octanol–water partition coefficient (Wildman–Crippen LogP) is 1.23. The normalized spacial score (nSPS) is 10.1. The van der Waals surface area contributed by atoms with Gasteiger partial charge in [0, 0.05) is 19.2 Å². The van der Waals surface area contributed by atoms with Gasteiger partial charge in [0.25, 0.3) is 5.91 Å². The molecule has 88 valence electrons. The Kier molecular flexibility index (Phi) is 3.40. The molecule has 2 heterocycles. The van der Waals surface area contributed by atoms with Crippen LogP contribution in [0.15, 0.2) is 41.1 Å². The van der Waals surface area contributed by atoms with Crippen LogP contribution in [-0.4, -0.2) is 17.4 Å². The Balaban J connectivity index is 1.88. The number of rotatable bonds is 4. The molecule has 5 heteroatoms. The monoisotopic (exact) mass is 231 g/mol. The van der Waals surface area contributed by atoms with Crippen molar-refractivity contribution in [2.24, 2.45) is 0 Å². The highest BCUT2D eigenvalue weighted by atomic mass is 16.3. The van der Waals surface area contributed by atoms with Gasteiger partial charge in [0.2, 0.25) is 0 Å². The molecule has 0 unspecified atom stereocenters. The molecule has 3 N–H and O–H groups in total. The Morgan fingerprint density at radius 2 is 2.29 bits per heavy atom. The summed E-state index contributed by atoms with van der Waals surface area (Å²) in [5, 5.41) is 2.74. The van der Waals surface area contributed by atoms with Gasteiger partial charge < -0.3 is 15.5 Å². The lowest BCUT2D eigenvalue weighted by Gasteiger charge is -2.05. The molecular formula is C12H13N3O2. The van der Waals surface area contributed by atoms with Crippen LogP contribution in [0.5, 0.6) is 0 Å². The first-order valence-corrected chi connectivity index (χ1v) is 5.28. The summed E-state index contributed by atoms with van der Waals surface area (Å²) in [6.07, 6.45) is 3.79. The van der Waals surface area contributed by atoms with Gasteiger partial charge in [-0.3, -0.25) is 4.79 Å². The van der Waals surface area contributed by atoms with Crippen LogP contribution >= 0.6 is 0 Å². The van der Waals surface area contributed by atoms with Gasteiger partial charge in [-0.1, -0.05) is 0 Å². The van der Waals surface area contributed by atoms with Crippen molar-refractivity contribution in [2.75, 3.05) is 12.3 Å². The maximum absolute atomic E-state index is 11.7. The molecule has 17 heavy (non-hydrogen) atoms. The summed E-state index contributed by atoms with van der Waals surface area (Å²) in [5.41, 5.74) is 6.28. The van der Waals surface area contributed by atoms with Crippen molar-refractivity contribution < 1.29 is 9.21 Å². The Bertz CT molecular complexity index is 494. The van der Waals surface area contributed by atoms with E-state index in [1.807, 2.05) is 12.1 Å². The van der Waals surface area contributed by atoms with E-state index in [2.05, 4.69) is 10.3 Å². The zero-order chi connectivity index (χ0) is 12.1. The van der Waals surface area contributed by atoms with Gasteiger partial charge in [-0.05, 0) is 24.3 Å². The van der Waals surface area contributed by atoms with Gasteiger partial charge in [0.15, 0.2) is 5.69 Å². The Morgan fingerprint density at radius 1 is 1.41 bits per heavy atom. The average molecular weight is 231 g/mol. The minimum atomic E-state index is -0.269. The maximum atomic E-state index is 11.7. The Morgan fingerprint density at radius 3 is 3.00 bits per heavy atom. The fraction of sp³-hybridized carbons (Fsp3) is 0.167. The molecule has 0 aliphatic carbocycles. The number of nitrogens with two attached hydrogens (primary N) is 1. The predicted molar refractivity (Wildman–Crippen MR) is 63.4 cm³/mol. The molecule has 0 saturated heterocycles. The van der Waals surface area contributed by atoms with Crippen LogP contribution in [0.2, 0.25) is 0 Å². The first-order chi connectivity index (χ1) is 8.27. The second-order valence-corrected chi connectivity index (χ2v) is 3.53. The number of pyridine rings is 1. The van der Waals surface area contributed by atoms with Crippen molar-refractivity contribution in [3.8, 4) is 0 Å². The minimum absolute atomic E-state index is 0.256. The molecule has 1 amide bonds. The summed E-state index contributed by atoms with van der Waals surface area (Å²) in [4.78, 5) is 15.6. The van der Waals surface area contributed by atoms with E-state index in [-0.39, 0.29) is 11.6 Å². The number of hydrogen-bond acceptors (Lipinski definition) is 4. The van der Waals surface area contributed by atoms with Crippen molar-refractivity contribution in [1.29, 1.82) is 0 Å². The van der Waals surface area contributed by atoms with Gasteiger partial charge in [-0.25, -0.2) is 4.98 Å². The number of amides is 1. The summed E-state index contributed by atoms with van der Waals surface area (Å²) in [5.74, 6) is 0.564. The summed E-state index contributed by atoms with van der Waals surface area (Å²) in [6.45, 7) is 0.488. The van der Waals surface area contributed by atoms with E-state index in [4.69, 9.17) is 10.2 Å². The van der Waals surface area contributed by atoms with E-state index in [0.29, 0.717) is 18.7 Å². The lowest BCUT2D eigenvalue weighted by molar-refractivity contribution is 0.0949. The standard InChI is InChI=1S/C12H13N3O2/c13-10-4-1-6-14-11(10)12(16)15-7-5-9-3-2-8-17-9/h1-4,6,8H,5,7,13H2,(H,15,16). The Hall–Kier alpha value is -2.30. The minimum Gasteiger partial charge on any atom is -0.469 e. The largest absolute Gasteiger partial charge is 0.469 e.